The van der Waals surface area contributed by atoms with Crippen LogP contribution in [-0.2, 0) is 13.0 Å². The number of fused-ring (bicyclic) bond motifs is 2. The van der Waals surface area contributed by atoms with E-state index in [1.54, 1.807) is 11.1 Å². The first kappa shape index (κ1) is 23.3. The van der Waals surface area contributed by atoms with Crippen LogP contribution in [0.5, 0.6) is 0 Å². The number of rotatable bonds is 4. The molecule has 1 fully saturated rings. The van der Waals surface area contributed by atoms with Gasteiger partial charge in [0.25, 0.3) is 0 Å². The van der Waals surface area contributed by atoms with Crippen molar-refractivity contribution in [2.75, 3.05) is 26.2 Å². The fourth-order valence-electron chi connectivity index (χ4n) is 5.94. The predicted molar refractivity (Wildman–Crippen MR) is 141 cm³/mol. The normalized spacial score (nSPS) is 20.3. The van der Waals surface area contributed by atoms with Gasteiger partial charge in [-0.15, -0.1) is 0 Å². The van der Waals surface area contributed by atoms with Crippen LogP contribution < -0.4 is 0 Å². The molecule has 6 nitrogen and oxygen atoms in total. The maximum atomic E-state index is 13.7. The van der Waals surface area contributed by atoms with Crippen molar-refractivity contribution in [1.82, 2.24) is 19.9 Å². The number of piperidine rings is 1. The number of hydrogen-bond acceptors (Lipinski definition) is 4. The predicted octanol–water partition coefficient (Wildman–Crippen LogP) is 6.10. The second-order valence-corrected chi connectivity index (χ2v) is 10.5. The van der Waals surface area contributed by atoms with Crippen molar-refractivity contribution in [2.45, 2.75) is 44.2 Å². The van der Waals surface area contributed by atoms with Gasteiger partial charge in [-0.25, -0.2) is 4.79 Å². The summed E-state index contributed by atoms with van der Waals surface area (Å²) < 4.78 is 5.24. The Labute approximate surface area is 217 Å². The van der Waals surface area contributed by atoms with Crippen molar-refractivity contribution < 1.29 is 9.32 Å². The molecule has 186 valence electrons. The highest BCUT2D eigenvalue weighted by Crippen LogP contribution is 2.35. The quantitative estimate of drug-likeness (QED) is 0.432. The first-order valence-electron chi connectivity index (χ1n) is 12.9. The third-order valence-electron chi connectivity index (χ3n) is 7.97. The minimum atomic E-state index is 0.0547. The lowest BCUT2D eigenvalue weighted by atomic mass is 9.88. The Balaban J connectivity index is 1.13. The third kappa shape index (κ3) is 4.67. The fraction of sp³-hybridized carbons (Fsp3) is 0.379. The van der Waals surface area contributed by atoms with Crippen molar-refractivity contribution in [3.05, 3.63) is 94.0 Å². The van der Waals surface area contributed by atoms with E-state index in [0.29, 0.717) is 12.5 Å². The summed E-state index contributed by atoms with van der Waals surface area (Å²) in [6.45, 7) is 4.39. The van der Waals surface area contributed by atoms with Gasteiger partial charge in [0, 0.05) is 36.0 Å². The second kappa shape index (κ2) is 10.1. The van der Waals surface area contributed by atoms with E-state index in [1.165, 1.54) is 16.7 Å². The van der Waals surface area contributed by atoms with Crippen LogP contribution >= 0.6 is 11.6 Å². The number of carbonyl (C=O) groups excluding carboxylic acids is 1. The molecule has 0 radical (unpaired) electrons. The van der Waals surface area contributed by atoms with E-state index in [9.17, 15) is 4.79 Å². The van der Waals surface area contributed by atoms with E-state index in [2.05, 4.69) is 51.4 Å². The highest BCUT2D eigenvalue weighted by atomic mass is 35.5. The molecule has 3 aliphatic rings. The zero-order valence-electron chi connectivity index (χ0n) is 20.4. The summed E-state index contributed by atoms with van der Waals surface area (Å²) in [5.41, 5.74) is 4.99. The summed E-state index contributed by atoms with van der Waals surface area (Å²) in [6, 6.07) is 17.1. The SMILES string of the molecule is O=C(N1C=Cc2oncc2C1)N1CCc2ccccc2C1CCN1CCC(c2ccc(Cl)cc2)CC1. The Kier molecular flexibility index (Phi) is 6.55. The van der Waals surface area contributed by atoms with E-state index in [-0.39, 0.29) is 12.1 Å². The Morgan fingerprint density at radius 1 is 1.03 bits per heavy atom. The molecule has 6 rings (SSSR count). The van der Waals surface area contributed by atoms with Crippen molar-refractivity contribution in [3.8, 4) is 0 Å². The number of nitrogens with zero attached hydrogens (tertiary/aromatic N) is 4. The van der Waals surface area contributed by atoms with Crippen LogP contribution in [0.3, 0.4) is 0 Å². The van der Waals surface area contributed by atoms with Crippen molar-refractivity contribution in [3.63, 3.8) is 0 Å². The number of carbonyl (C=O) groups is 1. The molecule has 2 aromatic carbocycles. The molecule has 1 unspecified atom stereocenters. The lowest BCUT2D eigenvalue weighted by Crippen LogP contribution is -2.47. The maximum Gasteiger partial charge on any atom is 0.324 e. The van der Waals surface area contributed by atoms with Gasteiger partial charge in [0.05, 0.1) is 18.8 Å². The molecule has 2 amide bonds. The molecule has 7 heteroatoms. The first-order chi connectivity index (χ1) is 17.7. The zero-order valence-corrected chi connectivity index (χ0v) is 21.1. The summed E-state index contributed by atoms with van der Waals surface area (Å²) >= 11 is 6.08. The van der Waals surface area contributed by atoms with Gasteiger partial charge in [0.1, 0.15) is 0 Å². The molecule has 0 saturated carbocycles. The van der Waals surface area contributed by atoms with Crippen LogP contribution in [0.25, 0.3) is 6.08 Å². The highest BCUT2D eigenvalue weighted by Gasteiger charge is 2.34. The van der Waals surface area contributed by atoms with E-state index < -0.39 is 0 Å². The van der Waals surface area contributed by atoms with E-state index in [0.717, 1.165) is 68.2 Å². The molecule has 0 bridgehead atoms. The number of likely N-dealkylation sites (tertiary alicyclic amines) is 1. The van der Waals surface area contributed by atoms with Gasteiger partial charge >= 0.3 is 6.03 Å². The summed E-state index contributed by atoms with van der Waals surface area (Å²) in [5.74, 6) is 1.33. The second-order valence-electron chi connectivity index (χ2n) is 10.1. The molecule has 1 atom stereocenters. The molecule has 0 N–H and O–H groups in total. The van der Waals surface area contributed by atoms with E-state index in [4.69, 9.17) is 16.1 Å². The van der Waals surface area contributed by atoms with Crippen LogP contribution in [0.15, 0.2) is 65.5 Å². The van der Waals surface area contributed by atoms with Crippen LogP contribution in [0.2, 0.25) is 5.02 Å². The van der Waals surface area contributed by atoms with E-state index >= 15 is 0 Å². The van der Waals surface area contributed by atoms with E-state index in [1.807, 2.05) is 24.4 Å². The average Bonchev–Trinajstić information content (AvgIpc) is 3.40. The first-order valence-corrected chi connectivity index (χ1v) is 13.3. The molecule has 3 aliphatic heterocycles. The molecule has 4 heterocycles. The van der Waals surface area contributed by atoms with Crippen LogP contribution in [0.1, 0.15) is 59.2 Å². The summed E-state index contributed by atoms with van der Waals surface area (Å²) in [7, 11) is 0. The molecule has 3 aromatic rings. The molecule has 1 aromatic heterocycles. The lowest BCUT2D eigenvalue weighted by molar-refractivity contribution is 0.126. The van der Waals surface area contributed by atoms with Gasteiger partial charge in [0.2, 0.25) is 0 Å². The maximum absolute atomic E-state index is 13.7. The minimum Gasteiger partial charge on any atom is -0.357 e. The molecular weight excluding hydrogens is 472 g/mol. The summed E-state index contributed by atoms with van der Waals surface area (Å²) in [5, 5.41) is 4.67. The number of hydrogen-bond donors (Lipinski definition) is 0. The smallest absolute Gasteiger partial charge is 0.324 e. The van der Waals surface area contributed by atoms with Gasteiger partial charge in [-0.3, -0.25) is 4.90 Å². The standard InChI is InChI=1S/C29H31ClN4O2/c30-25-7-5-21(6-8-25)22-9-14-32(15-10-22)16-12-27-26-4-2-1-3-23(26)11-18-34(27)29(35)33-17-13-28-24(20-33)19-31-36-28/h1-8,13,17,19,22,27H,9-12,14-16,18,20H2. The monoisotopic (exact) mass is 502 g/mol. The molecule has 1 saturated heterocycles. The molecular formula is C29H31ClN4O2. The van der Waals surface area contributed by atoms with Gasteiger partial charge < -0.3 is 14.3 Å². The van der Waals surface area contributed by atoms with Gasteiger partial charge in [-0.1, -0.05) is 53.2 Å². The molecule has 0 aliphatic carbocycles. The lowest BCUT2D eigenvalue weighted by Gasteiger charge is -2.41. The average molecular weight is 503 g/mol. The van der Waals surface area contributed by atoms with Gasteiger partial charge in [-0.2, -0.15) is 0 Å². The fourth-order valence-corrected chi connectivity index (χ4v) is 6.06. The van der Waals surface area contributed by atoms with Gasteiger partial charge in [-0.05, 0) is 73.5 Å². The van der Waals surface area contributed by atoms with Crippen LogP contribution in [0, 0.1) is 0 Å². The number of benzene rings is 2. The number of aromatic nitrogens is 1. The molecule has 0 spiro atoms. The van der Waals surface area contributed by atoms with Crippen LogP contribution in [0.4, 0.5) is 4.79 Å². The van der Waals surface area contributed by atoms with Crippen molar-refractivity contribution in [1.29, 1.82) is 0 Å². The highest BCUT2D eigenvalue weighted by molar-refractivity contribution is 6.30. The van der Waals surface area contributed by atoms with Crippen LogP contribution in [-0.4, -0.2) is 52.1 Å². The third-order valence-corrected chi connectivity index (χ3v) is 8.23. The topological polar surface area (TPSA) is 52.8 Å². The zero-order chi connectivity index (χ0) is 24.5. The Morgan fingerprint density at radius 3 is 2.67 bits per heavy atom. The van der Waals surface area contributed by atoms with Gasteiger partial charge in [0.15, 0.2) is 5.76 Å². The number of urea groups is 1. The summed E-state index contributed by atoms with van der Waals surface area (Å²) in [6.07, 6.45) is 9.51. The largest absolute Gasteiger partial charge is 0.357 e. The minimum absolute atomic E-state index is 0.0547. The van der Waals surface area contributed by atoms with Crippen molar-refractivity contribution in [2.24, 2.45) is 0 Å². The summed E-state index contributed by atoms with van der Waals surface area (Å²) in [4.78, 5) is 20.1. The number of halogens is 1. The molecule has 36 heavy (non-hydrogen) atoms. The number of amides is 2. The Hall–Kier alpha value is -3.09. The van der Waals surface area contributed by atoms with Crippen molar-refractivity contribution >= 4 is 23.7 Å². The Morgan fingerprint density at radius 2 is 1.83 bits per heavy atom. The Bertz CT molecular complexity index is 1250.